The Morgan fingerprint density at radius 3 is 2.36 bits per heavy atom. The Labute approximate surface area is 142 Å². The molecule has 0 saturated heterocycles. The standard InChI is InChI=1S/C15H11Br2F2NO2/c1-8-4-10(16)15(11(17)5-8)20-14(21)7-22-9-2-3-12(18)13(19)6-9/h2-6H,7H2,1H3,(H,20,21). The number of benzene rings is 2. The monoisotopic (exact) mass is 433 g/mol. The van der Waals surface area contributed by atoms with Crippen molar-refractivity contribution < 1.29 is 18.3 Å². The van der Waals surface area contributed by atoms with Crippen LogP contribution in [0.1, 0.15) is 5.56 Å². The van der Waals surface area contributed by atoms with Crippen LogP contribution in [0.4, 0.5) is 14.5 Å². The molecular weight excluding hydrogens is 424 g/mol. The van der Waals surface area contributed by atoms with E-state index >= 15 is 0 Å². The highest BCUT2D eigenvalue weighted by Crippen LogP contribution is 2.32. The maximum atomic E-state index is 13.0. The summed E-state index contributed by atoms with van der Waals surface area (Å²) in [5.74, 6) is -2.34. The minimum atomic E-state index is -1.03. The molecule has 0 aliphatic rings. The summed E-state index contributed by atoms with van der Waals surface area (Å²) in [6.07, 6.45) is 0. The van der Waals surface area contributed by atoms with Crippen LogP contribution >= 0.6 is 31.9 Å². The van der Waals surface area contributed by atoms with E-state index in [9.17, 15) is 13.6 Å². The number of anilines is 1. The van der Waals surface area contributed by atoms with Crippen LogP contribution in [0.15, 0.2) is 39.3 Å². The quantitative estimate of drug-likeness (QED) is 0.749. The summed E-state index contributed by atoms with van der Waals surface area (Å²) in [5, 5.41) is 2.68. The minimum Gasteiger partial charge on any atom is -0.484 e. The molecule has 0 aromatic heterocycles. The molecule has 0 heterocycles. The van der Waals surface area contributed by atoms with Gasteiger partial charge in [0.05, 0.1) is 5.69 Å². The molecule has 0 unspecified atom stereocenters. The normalized spacial score (nSPS) is 10.4. The van der Waals surface area contributed by atoms with Gasteiger partial charge in [-0.25, -0.2) is 8.78 Å². The van der Waals surface area contributed by atoms with Crippen molar-refractivity contribution in [3.05, 3.63) is 56.5 Å². The molecule has 116 valence electrons. The highest BCUT2D eigenvalue weighted by atomic mass is 79.9. The lowest BCUT2D eigenvalue weighted by atomic mass is 10.2. The van der Waals surface area contributed by atoms with E-state index in [0.717, 1.165) is 26.6 Å². The Kier molecular flexibility index (Phi) is 5.52. The van der Waals surface area contributed by atoms with E-state index in [2.05, 4.69) is 37.2 Å². The lowest BCUT2D eigenvalue weighted by Crippen LogP contribution is -2.20. The predicted molar refractivity (Wildman–Crippen MR) is 87.1 cm³/mol. The maximum absolute atomic E-state index is 13.0. The lowest BCUT2D eigenvalue weighted by molar-refractivity contribution is -0.118. The van der Waals surface area contributed by atoms with Gasteiger partial charge >= 0.3 is 0 Å². The highest BCUT2D eigenvalue weighted by molar-refractivity contribution is 9.11. The zero-order chi connectivity index (χ0) is 16.3. The number of amides is 1. The summed E-state index contributed by atoms with van der Waals surface area (Å²) in [5.41, 5.74) is 1.60. The maximum Gasteiger partial charge on any atom is 0.262 e. The summed E-state index contributed by atoms with van der Waals surface area (Å²) < 4.78 is 32.4. The number of aryl methyl sites for hydroxylation is 1. The summed E-state index contributed by atoms with van der Waals surface area (Å²) in [6, 6.07) is 6.80. The molecular formula is C15H11Br2F2NO2. The van der Waals surface area contributed by atoms with Gasteiger partial charge in [-0.15, -0.1) is 0 Å². The smallest absolute Gasteiger partial charge is 0.262 e. The van der Waals surface area contributed by atoms with Gasteiger partial charge in [-0.1, -0.05) is 0 Å². The third-order valence-corrected chi connectivity index (χ3v) is 3.96. The summed E-state index contributed by atoms with van der Waals surface area (Å²) in [4.78, 5) is 11.9. The number of ether oxygens (including phenoxy) is 1. The molecule has 0 radical (unpaired) electrons. The van der Waals surface area contributed by atoms with E-state index in [-0.39, 0.29) is 12.4 Å². The van der Waals surface area contributed by atoms with Crippen molar-refractivity contribution in [3.63, 3.8) is 0 Å². The molecule has 0 aliphatic heterocycles. The van der Waals surface area contributed by atoms with Crippen molar-refractivity contribution in [1.82, 2.24) is 0 Å². The molecule has 7 heteroatoms. The molecule has 0 spiro atoms. The number of hydrogen-bond donors (Lipinski definition) is 1. The molecule has 0 saturated carbocycles. The zero-order valence-corrected chi connectivity index (χ0v) is 14.6. The fourth-order valence-electron chi connectivity index (χ4n) is 1.71. The van der Waals surface area contributed by atoms with E-state index in [1.165, 1.54) is 6.07 Å². The number of nitrogens with one attached hydrogen (secondary N) is 1. The first-order valence-corrected chi connectivity index (χ1v) is 7.79. The van der Waals surface area contributed by atoms with Gasteiger partial charge in [0, 0.05) is 15.0 Å². The average molecular weight is 435 g/mol. The Morgan fingerprint density at radius 2 is 1.77 bits per heavy atom. The first kappa shape index (κ1) is 16.9. The van der Waals surface area contributed by atoms with E-state index in [1.54, 1.807) is 0 Å². The van der Waals surface area contributed by atoms with E-state index in [0.29, 0.717) is 5.69 Å². The van der Waals surface area contributed by atoms with Gasteiger partial charge in [0.1, 0.15) is 5.75 Å². The molecule has 2 aromatic rings. The van der Waals surface area contributed by atoms with Crippen molar-refractivity contribution in [2.24, 2.45) is 0 Å². The SMILES string of the molecule is Cc1cc(Br)c(NC(=O)COc2ccc(F)c(F)c2)c(Br)c1. The van der Waals surface area contributed by atoms with Gasteiger partial charge in [-0.05, 0) is 68.6 Å². The zero-order valence-electron chi connectivity index (χ0n) is 11.4. The lowest BCUT2D eigenvalue weighted by Gasteiger charge is -2.11. The predicted octanol–water partition coefficient (Wildman–Crippen LogP) is 4.82. The van der Waals surface area contributed by atoms with Gasteiger partial charge in [-0.3, -0.25) is 4.79 Å². The van der Waals surface area contributed by atoms with E-state index in [1.807, 2.05) is 19.1 Å². The topological polar surface area (TPSA) is 38.3 Å². The third-order valence-electron chi connectivity index (χ3n) is 2.71. The van der Waals surface area contributed by atoms with Gasteiger partial charge in [-0.2, -0.15) is 0 Å². The average Bonchev–Trinajstić information content (AvgIpc) is 2.44. The number of halogens is 4. The van der Waals surface area contributed by atoms with E-state index < -0.39 is 17.5 Å². The first-order chi connectivity index (χ1) is 10.4. The molecule has 1 N–H and O–H groups in total. The van der Waals surface area contributed by atoms with Crippen molar-refractivity contribution in [2.45, 2.75) is 6.92 Å². The summed E-state index contributed by atoms with van der Waals surface area (Å²) in [7, 11) is 0. The van der Waals surface area contributed by atoms with Gasteiger partial charge in [0.2, 0.25) is 0 Å². The van der Waals surface area contributed by atoms with Crippen LogP contribution in [0, 0.1) is 18.6 Å². The second-order valence-electron chi connectivity index (χ2n) is 4.52. The van der Waals surface area contributed by atoms with Crippen molar-refractivity contribution in [2.75, 3.05) is 11.9 Å². The molecule has 0 fully saturated rings. The van der Waals surface area contributed by atoms with Crippen LogP contribution in [-0.2, 0) is 4.79 Å². The van der Waals surface area contributed by atoms with Crippen LogP contribution in [-0.4, -0.2) is 12.5 Å². The van der Waals surface area contributed by atoms with Crippen molar-refractivity contribution in [1.29, 1.82) is 0 Å². The van der Waals surface area contributed by atoms with E-state index in [4.69, 9.17) is 4.74 Å². The molecule has 2 aromatic carbocycles. The molecule has 3 nitrogen and oxygen atoms in total. The Bertz CT molecular complexity index is 700. The molecule has 0 aliphatic carbocycles. The molecule has 1 amide bonds. The van der Waals surface area contributed by atoms with Crippen LogP contribution in [0.3, 0.4) is 0 Å². The van der Waals surface area contributed by atoms with Crippen LogP contribution < -0.4 is 10.1 Å². The molecule has 0 atom stereocenters. The van der Waals surface area contributed by atoms with Crippen molar-refractivity contribution >= 4 is 43.5 Å². The summed E-state index contributed by atoms with van der Waals surface area (Å²) >= 11 is 6.73. The van der Waals surface area contributed by atoms with Crippen LogP contribution in [0.5, 0.6) is 5.75 Å². The number of rotatable bonds is 4. The van der Waals surface area contributed by atoms with Crippen molar-refractivity contribution in [3.8, 4) is 5.75 Å². The van der Waals surface area contributed by atoms with Gasteiger partial charge in [0.25, 0.3) is 5.91 Å². The molecule has 22 heavy (non-hydrogen) atoms. The largest absolute Gasteiger partial charge is 0.484 e. The second kappa shape index (κ2) is 7.19. The number of carbonyl (C=O) groups is 1. The number of hydrogen-bond acceptors (Lipinski definition) is 2. The van der Waals surface area contributed by atoms with Crippen LogP contribution in [0.2, 0.25) is 0 Å². The second-order valence-corrected chi connectivity index (χ2v) is 6.23. The Hall–Kier alpha value is -1.47. The van der Waals surface area contributed by atoms with Gasteiger partial charge in [0.15, 0.2) is 18.2 Å². The Balaban J connectivity index is 2.00. The van der Waals surface area contributed by atoms with Gasteiger partial charge < -0.3 is 10.1 Å². The minimum absolute atomic E-state index is 0.0797. The first-order valence-electron chi connectivity index (χ1n) is 6.20. The molecule has 0 bridgehead atoms. The third kappa shape index (κ3) is 4.27. The fraction of sp³-hybridized carbons (Fsp3) is 0.133. The highest BCUT2D eigenvalue weighted by Gasteiger charge is 2.11. The fourth-order valence-corrected chi connectivity index (χ4v) is 3.32. The van der Waals surface area contributed by atoms with Crippen LogP contribution in [0.25, 0.3) is 0 Å². The Morgan fingerprint density at radius 1 is 1.14 bits per heavy atom. The molecule has 2 rings (SSSR count). The summed E-state index contributed by atoms with van der Waals surface area (Å²) in [6.45, 7) is 1.60. The number of carbonyl (C=O) groups excluding carboxylic acids is 1.